The van der Waals surface area contributed by atoms with Gasteiger partial charge < -0.3 is 0 Å². The van der Waals surface area contributed by atoms with Crippen molar-refractivity contribution in [2.45, 2.75) is 21.0 Å². The molecule has 1 aliphatic rings. The van der Waals surface area contributed by atoms with Crippen LogP contribution in [0.2, 0.25) is 0 Å². The van der Waals surface area contributed by atoms with E-state index in [1.807, 2.05) is 0 Å². The minimum absolute atomic E-state index is 1.14. The van der Waals surface area contributed by atoms with Crippen molar-refractivity contribution in [1.82, 2.24) is 0 Å². The normalized spacial score (nSPS) is 15.6. The van der Waals surface area contributed by atoms with Gasteiger partial charge >= 0.3 is 257 Å². The zero-order valence-electron chi connectivity index (χ0n) is 24.0. The molecular weight excluding hydrogens is 626 g/mol. The third kappa shape index (κ3) is 5.34. The van der Waals surface area contributed by atoms with Crippen LogP contribution < -0.4 is 17.6 Å². The number of rotatable bonds is 4. The van der Waals surface area contributed by atoms with Gasteiger partial charge in [-0.25, -0.2) is 0 Å². The summed E-state index contributed by atoms with van der Waals surface area (Å²) < 4.78 is 6.27. The molecule has 0 unspecified atom stereocenters. The molecule has 1 aliphatic heterocycles. The Kier molecular flexibility index (Phi) is 7.75. The summed E-state index contributed by atoms with van der Waals surface area (Å²) in [6.45, 7) is 0. The molecule has 0 N–H and O–H groups in total. The second-order valence-electron chi connectivity index (χ2n) is 12.0. The molecule has 7 rings (SSSR count). The van der Waals surface area contributed by atoms with Crippen LogP contribution in [0.25, 0.3) is 0 Å². The summed E-state index contributed by atoms with van der Waals surface area (Å²) in [7, 11) is 0. The predicted octanol–water partition coefficient (Wildman–Crippen LogP) is 6.25. The fourth-order valence-electron chi connectivity index (χ4n) is 7.40. The van der Waals surface area contributed by atoms with Crippen LogP contribution in [0.5, 0.6) is 0 Å². The van der Waals surface area contributed by atoms with E-state index in [0.29, 0.717) is 0 Å². The van der Waals surface area contributed by atoms with Crippen molar-refractivity contribution >= 4 is 44.1 Å². The molecule has 0 aromatic heterocycles. The van der Waals surface area contributed by atoms with E-state index in [-0.39, 0.29) is 0 Å². The summed E-state index contributed by atoms with van der Waals surface area (Å²) in [6.07, 6.45) is 0. The van der Waals surface area contributed by atoms with E-state index in [1.165, 1.54) is 22.3 Å². The monoisotopic (exact) mass is 664 g/mol. The van der Waals surface area contributed by atoms with Gasteiger partial charge in [0.05, 0.1) is 0 Å². The Morgan fingerprint density at radius 2 is 0.500 bits per heavy atom. The summed E-state index contributed by atoms with van der Waals surface area (Å²) in [4.78, 5) is 0. The molecule has 4 bridgehead atoms. The average molecular weight is 662 g/mol. The van der Waals surface area contributed by atoms with Gasteiger partial charge in [0.25, 0.3) is 0 Å². The zero-order valence-corrected chi connectivity index (χ0v) is 28.2. The van der Waals surface area contributed by atoms with Crippen LogP contribution in [-0.4, -0.2) is 26.5 Å². The van der Waals surface area contributed by atoms with Crippen LogP contribution in [0.1, 0.15) is 22.3 Å². The molecule has 1 heterocycles. The van der Waals surface area contributed by atoms with E-state index in [9.17, 15) is 0 Å². The van der Waals surface area contributed by atoms with E-state index >= 15 is 0 Å². The van der Waals surface area contributed by atoms with Crippen molar-refractivity contribution in [2.75, 3.05) is 0 Å². The topological polar surface area (TPSA) is 0 Å². The van der Waals surface area contributed by atoms with Gasteiger partial charge in [0, 0.05) is 0 Å². The van der Waals surface area contributed by atoms with Crippen molar-refractivity contribution in [3.05, 3.63) is 192 Å². The van der Waals surface area contributed by atoms with Gasteiger partial charge in [-0.3, -0.25) is 0 Å². The van der Waals surface area contributed by atoms with Gasteiger partial charge in [0.2, 0.25) is 0 Å². The van der Waals surface area contributed by atoms with Gasteiger partial charge in [0.15, 0.2) is 0 Å². The first-order chi connectivity index (χ1) is 20.7. The number of fused-ring (bicyclic) bond motifs is 4. The Morgan fingerprint density at radius 1 is 0.262 bits per heavy atom. The molecule has 6 aromatic rings. The average Bonchev–Trinajstić information content (AvgIpc) is 3.06. The Bertz CT molecular complexity index is 1500. The Labute approximate surface area is 255 Å². The van der Waals surface area contributed by atoms with Gasteiger partial charge in [-0.1, -0.05) is 0 Å². The third-order valence-electron chi connectivity index (χ3n) is 9.31. The summed E-state index contributed by atoms with van der Waals surface area (Å²) in [5.41, 5.74) is 5.98. The van der Waals surface area contributed by atoms with Crippen molar-refractivity contribution < 1.29 is 0 Å². The molecule has 0 spiro atoms. The van der Waals surface area contributed by atoms with Crippen molar-refractivity contribution in [1.29, 1.82) is 0 Å². The van der Waals surface area contributed by atoms with Gasteiger partial charge in [-0.2, -0.15) is 0 Å². The molecule has 0 saturated carbocycles. The van der Waals surface area contributed by atoms with Gasteiger partial charge in [0.1, 0.15) is 0 Å². The predicted molar refractivity (Wildman–Crippen MR) is 184 cm³/mol. The summed E-state index contributed by atoms with van der Waals surface area (Å²) in [6, 6.07) is 65.4. The number of hydrogen-bond donors (Lipinski definition) is 0. The number of hydrogen-bond acceptors (Lipinski definition) is 0. The van der Waals surface area contributed by atoms with Crippen molar-refractivity contribution in [2.24, 2.45) is 0 Å². The first-order valence-corrected chi connectivity index (χ1v) is 25.2. The van der Waals surface area contributed by atoms with Crippen LogP contribution >= 0.6 is 0 Å². The Balaban J connectivity index is 1.47. The molecule has 2 heteroatoms. The molecular formula is C40H36Ge2. The molecule has 0 nitrogen and oxygen atoms in total. The minimum atomic E-state index is -2.93. The maximum atomic E-state index is 2.58. The molecule has 0 radical (unpaired) electrons. The van der Waals surface area contributed by atoms with Gasteiger partial charge in [-0.15, -0.1) is 0 Å². The quantitative estimate of drug-likeness (QED) is 0.196. The molecule has 0 saturated heterocycles. The van der Waals surface area contributed by atoms with Crippen LogP contribution in [-0.2, 0) is 21.0 Å². The summed E-state index contributed by atoms with van der Waals surface area (Å²) in [5.74, 6) is 0. The molecule has 42 heavy (non-hydrogen) atoms. The van der Waals surface area contributed by atoms with E-state index in [0.717, 1.165) is 21.0 Å². The molecule has 6 aromatic carbocycles. The van der Waals surface area contributed by atoms with Crippen molar-refractivity contribution in [3.8, 4) is 0 Å². The first kappa shape index (κ1) is 27.3. The third-order valence-corrected chi connectivity index (χ3v) is 29.9. The fraction of sp³-hybridized carbons (Fsp3) is 0.100. The Hall–Kier alpha value is -3.59. The van der Waals surface area contributed by atoms with E-state index in [1.54, 1.807) is 17.6 Å². The second kappa shape index (κ2) is 12.0. The molecule has 0 fully saturated rings. The summed E-state index contributed by atoms with van der Waals surface area (Å²) in [5, 5.41) is 4.57. The number of benzene rings is 6. The van der Waals surface area contributed by atoms with E-state index in [2.05, 4.69) is 170 Å². The molecule has 204 valence electrons. The van der Waals surface area contributed by atoms with Gasteiger partial charge in [-0.05, 0) is 0 Å². The maximum absolute atomic E-state index is 2.93. The van der Waals surface area contributed by atoms with Crippen LogP contribution in [0, 0.1) is 0 Å². The fourth-order valence-corrected chi connectivity index (χ4v) is 27.4. The second-order valence-corrected chi connectivity index (χ2v) is 28.9. The summed E-state index contributed by atoms with van der Waals surface area (Å²) >= 11 is -5.85. The SMILES string of the molecule is c1cc[c]([Ge]2([c]3ccccc3)[CH2]c3cccc(c3)[CH2][Ge]([c]3ccccc3)([c]3ccccc3)[CH2]c3cccc(c3)[CH2]2)cc1. The molecule has 0 atom stereocenters. The first-order valence-electron chi connectivity index (χ1n) is 15.1. The van der Waals surface area contributed by atoms with Crippen molar-refractivity contribution in [3.63, 3.8) is 0 Å². The molecule has 0 amide bonds. The van der Waals surface area contributed by atoms with Crippen LogP contribution in [0.3, 0.4) is 0 Å². The van der Waals surface area contributed by atoms with Crippen LogP contribution in [0.4, 0.5) is 0 Å². The van der Waals surface area contributed by atoms with Crippen LogP contribution in [0.15, 0.2) is 170 Å². The van der Waals surface area contributed by atoms with E-state index < -0.39 is 26.5 Å². The van der Waals surface area contributed by atoms with E-state index in [4.69, 9.17) is 0 Å². The Morgan fingerprint density at radius 3 is 0.738 bits per heavy atom. The zero-order chi connectivity index (χ0) is 28.2. The molecule has 0 aliphatic carbocycles. The standard InChI is InChI=1S/C40H36Ge2/c1-5-19-37(20-6-1)41(38-21-7-2-8-22-38)29-33-15-13-17-35(27-33)31-42(39-23-9-3-10-24-39,40-25-11-4-12-26-40)32-36-18-14-16-34(28-36)30-41/h1-28H,29-32H2.